The molecule has 0 amide bonds. The summed E-state index contributed by atoms with van der Waals surface area (Å²) in [4.78, 5) is 35.8. The summed E-state index contributed by atoms with van der Waals surface area (Å²) in [7, 11) is 0. The van der Waals surface area contributed by atoms with E-state index < -0.39 is 16.6 Å². The lowest BCUT2D eigenvalue weighted by molar-refractivity contribution is -0.249. The highest BCUT2D eigenvalue weighted by atomic mass is 16.5. The summed E-state index contributed by atoms with van der Waals surface area (Å²) in [5, 5.41) is 23.9. The molecule has 0 bridgehead atoms. The monoisotopic (exact) mass is 446 g/mol. The van der Waals surface area contributed by atoms with E-state index in [2.05, 4.69) is 6.92 Å². The molecule has 4 fully saturated rings. The van der Waals surface area contributed by atoms with E-state index in [-0.39, 0.29) is 47.6 Å². The highest BCUT2D eigenvalue weighted by Crippen LogP contribution is 2.70. The van der Waals surface area contributed by atoms with Crippen molar-refractivity contribution < 1.29 is 34.1 Å². The van der Waals surface area contributed by atoms with Gasteiger partial charge in [0.05, 0.1) is 16.6 Å². The van der Waals surface area contributed by atoms with Gasteiger partial charge < -0.3 is 24.5 Å². The van der Waals surface area contributed by atoms with E-state index in [9.17, 15) is 24.6 Å². The van der Waals surface area contributed by atoms with Gasteiger partial charge in [0.15, 0.2) is 0 Å². The van der Waals surface area contributed by atoms with Gasteiger partial charge in [-0.2, -0.15) is 0 Å². The third kappa shape index (κ3) is 2.76. The molecule has 32 heavy (non-hydrogen) atoms. The maximum absolute atomic E-state index is 12.7. The van der Waals surface area contributed by atoms with Gasteiger partial charge >= 0.3 is 11.9 Å². The zero-order valence-corrected chi connectivity index (χ0v) is 19.0. The molecule has 0 radical (unpaired) electrons. The van der Waals surface area contributed by atoms with Crippen molar-refractivity contribution in [2.75, 3.05) is 6.61 Å². The Kier molecular flexibility index (Phi) is 4.92. The Morgan fingerprint density at radius 2 is 1.88 bits per heavy atom. The average Bonchev–Trinajstić information content (AvgIpc) is 3.27. The van der Waals surface area contributed by atoms with Crippen molar-refractivity contribution in [3.8, 4) is 0 Å². The summed E-state index contributed by atoms with van der Waals surface area (Å²) >= 11 is 0. The molecule has 5 rings (SSSR count). The maximum atomic E-state index is 12.7. The first kappa shape index (κ1) is 22.1. The first-order chi connectivity index (χ1) is 15.1. The molecule has 0 saturated heterocycles. The highest BCUT2D eigenvalue weighted by molar-refractivity contribution is 5.85. The molecule has 0 unspecified atom stereocenters. The second-order valence-electron chi connectivity index (χ2n) is 11.2. The Bertz CT molecular complexity index is 882. The first-order valence-corrected chi connectivity index (χ1v) is 12.0. The van der Waals surface area contributed by atoms with Crippen LogP contribution in [0.1, 0.15) is 71.6 Å². The Labute approximate surface area is 188 Å². The second-order valence-corrected chi connectivity index (χ2v) is 11.2. The summed E-state index contributed by atoms with van der Waals surface area (Å²) in [6, 6.07) is 0. The average molecular weight is 447 g/mol. The molecule has 0 aromatic rings. The number of ether oxygens (including phenoxy) is 2. The lowest BCUT2D eigenvalue weighted by Gasteiger charge is -2.65. The van der Waals surface area contributed by atoms with Crippen molar-refractivity contribution in [2.45, 2.75) is 88.9 Å². The van der Waals surface area contributed by atoms with E-state index in [1.807, 2.05) is 0 Å². The van der Waals surface area contributed by atoms with Crippen LogP contribution in [0.2, 0.25) is 0 Å². The van der Waals surface area contributed by atoms with Gasteiger partial charge in [-0.25, -0.2) is 4.79 Å². The summed E-state index contributed by atoms with van der Waals surface area (Å²) in [5.74, 6) is -0.772. The molecule has 8 atom stereocenters. The van der Waals surface area contributed by atoms with E-state index in [0.29, 0.717) is 38.7 Å². The van der Waals surface area contributed by atoms with Crippen LogP contribution in [0, 0.1) is 28.6 Å². The maximum Gasteiger partial charge on any atom is 0.331 e. The van der Waals surface area contributed by atoms with Crippen molar-refractivity contribution in [1.82, 2.24) is 0 Å². The fraction of sp³-hybridized carbons (Fsp3) is 0.800. The third-order valence-corrected chi connectivity index (χ3v) is 10.2. The number of hydrogen-bond donors (Lipinski definition) is 2. The predicted molar refractivity (Wildman–Crippen MR) is 113 cm³/mol. The number of fused-ring (bicyclic) bond motifs is 5. The molecule has 0 aromatic carbocycles. The topological polar surface area (TPSA) is 110 Å². The van der Waals surface area contributed by atoms with Gasteiger partial charge in [-0.05, 0) is 74.7 Å². The molecular formula is C25H34O7. The molecule has 2 N–H and O–H groups in total. The summed E-state index contributed by atoms with van der Waals surface area (Å²) in [6.45, 7) is 3.81. The van der Waals surface area contributed by atoms with Gasteiger partial charge in [0.25, 0.3) is 0 Å². The minimum Gasteiger partial charge on any atom is -0.462 e. The summed E-state index contributed by atoms with van der Waals surface area (Å²) in [6.07, 6.45) is 7.44. The van der Waals surface area contributed by atoms with Crippen molar-refractivity contribution in [2.24, 2.45) is 28.6 Å². The Morgan fingerprint density at radius 1 is 1.12 bits per heavy atom. The third-order valence-electron chi connectivity index (χ3n) is 10.2. The van der Waals surface area contributed by atoms with Crippen molar-refractivity contribution in [1.29, 1.82) is 0 Å². The largest absolute Gasteiger partial charge is 0.462 e. The van der Waals surface area contributed by atoms with Crippen molar-refractivity contribution >= 4 is 18.2 Å². The molecule has 0 aromatic heterocycles. The molecule has 7 heteroatoms. The van der Waals surface area contributed by atoms with Crippen LogP contribution in [-0.2, 0) is 23.9 Å². The minimum atomic E-state index is -1.22. The zero-order valence-electron chi connectivity index (χ0n) is 19.0. The van der Waals surface area contributed by atoms with Crippen LogP contribution in [0.25, 0.3) is 0 Å². The van der Waals surface area contributed by atoms with Crippen molar-refractivity contribution in [3.05, 3.63) is 11.6 Å². The van der Waals surface area contributed by atoms with Gasteiger partial charge in [0, 0.05) is 24.8 Å². The van der Waals surface area contributed by atoms with Gasteiger partial charge in [-0.3, -0.25) is 4.79 Å². The lowest BCUT2D eigenvalue weighted by atomic mass is 9.41. The van der Waals surface area contributed by atoms with Crippen LogP contribution in [0.3, 0.4) is 0 Å². The number of esters is 2. The molecule has 1 aliphatic heterocycles. The normalized spacial score (nSPS) is 49.9. The van der Waals surface area contributed by atoms with Gasteiger partial charge in [-0.15, -0.1) is 0 Å². The van der Waals surface area contributed by atoms with Crippen LogP contribution < -0.4 is 0 Å². The molecule has 7 nitrogen and oxygen atoms in total. The minimum absolute atomic E-state index is 0.0828. The van der Waals surface area contributed by atoms with Crippen LogP contribution in [-0.4, -0.2) is 52.4 Å². The van der Waals surface area contributed by atoms with E-state index in [4.69, 9.17) is 9.47 Å². The SMILES string of the molecule is CC(=O)O[C@@H]1CC[C@]2(C=O)[C@@H]3CC[C@]4(C)[C@H](C5=CC(=O)OC5)CC[C@]4(O)[C@@H]3CC[C@]2(O)C1. The molecule has 5 aliphatic rings. The van der Waals surface area contributed by atoms with Crippen LogP contribution >= 0.6 is 0 Å². The zero-order chi connectivity index (χ0) is 22.9. The predicted octanol–water partition coefficient (Wildman–Crippen LogP) is 2.47. The number of carbonyl (C=O) groups excluding carboxylic acids is 3. The standard InChI is InChI=1S/C25H34O7/c1-15(27)32-17-3-8-23(14-26)19-4-7-22(2)18(16-11-21(28)31-13-16)6-10-25(22,30)20(19)5-9-24(23,29)12-17/h11,14,17-20,29-30H,3-10,12-13H2,1-2H3/t17-,18+,19-,20-,22-,23+,24+,25+/m1/s1. The molecule has 176 valence electrons. The van der Waals surface area contributed by atoms with E-state index in [1.165, 1.54) is 6.92 Å². The van der Waals surface area contributed by atoms with Crippen molar-refractivity contribution in [3.63, 3.8) is 0 Å². The second kappa shape index (κ2) is 7.13. The number of rotatable bonds is 3. The Hall–Kier alpha value is -1.73. The molecule has 4 saturated carbocycles. The molecule has 4 aliphatic carbocycles. The molecular weight excluding hydrogens is 412 g/mol. The number of hydrogen-bond acceptors (Lipinski definition) is 7. The number of aliphatic hydroxyl groups is 2. The van der Waals surface area contributed by atoms with Crippen LogP contribution in [0.4, 0.5) is 0 Å². The van der Waals surface area contributed by atoms with Gasteiger partial charge in [0.2, 0.25) is 0 Å². The number of cyclic esters (lactones) is 1. The van der Waals surface area contributed by atoms with E-state index >= 15 is 0 Å². The lowest BCUT2D eigenvalue weighted by Crippen LogP contribution is -2.69. The Morgan fingerprint density at radius 3 is 2.53 bits per heavy atom. The highest BCUT2D eigenvalue weighted by Gasteiger charge is 2.71. The van der Waals surface area contributed by atoms with E-state index in [0.717, 1.165) is 31.1 Å². The molecule has 1 heterocycles. The summed E-state index contributed by atoms with van der Waals surface area (Å²) in [5.41, 5.74) is -2.50. The number of aldehydes is 1. The van der Waals surface area contributed by atoms with Gasteiger partial charge in [-0.1, -0.05) is 6.92 Å². The fourth-order valence-corrected chi connectivity index (χ4v) is 8.65. The van der Waals surface area contributed by atoms with E-state index in [1.54, 1.807) is 6.08 Å². The Balaban J connectivity index is 1.46. The fourth-order valence-electron chi connectivity index (χ4n) is 8.65. The first-order valence-electron chi connectivity index (χ1n) is 12.0. The molecule has 0 spiro atoms. The van der Waals surface area contributed by atoms with Crippen LogP contribution in [0.15, 0.2) is 11.6 Å². The number of carbonyl (C=O) groups is 3. The summed E-state index contributed by atoms with van der Waals surface area (Å²) < 4.78 is 10.6. The smallest absolute Gasteiger partial charge is 0.331 e. The van der Waals surface area contributed by atoms with Crippen LogP contribution in [0.5, 0.6) is 0 Å². The van der Waals surface area contributed by atoms with Gasteiger partial charge in [0.1, 0.15) is 19.0 Å². The quantitative estimate of drug-likeness (QED) is 0.506.